The molecule has 1 amide bonds. The van der Waals surface area contributed by atoms with Gasteiger partial charge >= 0.3 is 0 Å². The van der Waals surface area contributed by atoms with E-state index in [-0.39, 0.29) is 18.4 Å². The first-order valence-corrected chi connectivity index (χ1v) is 8.62. The number of nitrogens with one attached hydrogen (secondary N) is 1. The number of nitrogens with zero attached hydrogens (tertiary/aromatic N) is 6. The van der Waals surface area contributed by atoms with Crippen molar-refractivity contribution < 1.29 is 4.79 Å². The number of pyridine rings is 1. The highest BCUT2D eigenvalue weighted by Gasteiger charge is 2.29. The SMILES string of the molecule is CN(CC#N)C(=O)C1CCCN(c2ncnc3cnc4[nH]ccc4c23)C1. The minimum absolute atomic E-state index is 0.0167. The Bertz CT molecular complexity index is 1010. The summed E-state index contributed by atoms with van der Waals surface area (Å²) in [6.07, 6.45) is 6.88. The number of aromatic amines is 1. The molecule has 1 atom stereocenters. The van der Waals surface area contributed by atoms with E-state index in [0.29, 0.717) is 6.54 Å². The number of amides is 1. The minimum atomic E-state index is -0.129. The summed E-state index contributed by atoms with van der Waals surface area (Å²) in [6.45, 7) is 1.54. The van der Waals surface area contributed by atoms with Crippen LogP contribution in [0.15, 0.2) is 24.8 Å². The molecule has 4 heterocycles. The summed E-state index contributed by atoms with van der Waals surface area (Å²) < 4.78 is 0. The highest BCUT2D eigenvalue weighted by Crippen LogP contribution is 2.32. The number of H-pyrrole nitrogens is 1. The molecule has 0 aliphatic carbocycles. The van der Waals surface area contributed by atoms with E-state index in [1.807, 2.05) is 18.3 Å². The molecular formula is C18H19N7O. The third-order valence-corrected chi connectivity index (χ3v) is 4.92. The molecule has 0 saturated carbocycles. The summed E-state index contributed by atoms with van der Waals surface area (Å²) in [5, 5.41) is 10.8. The molecular weight excluding hydrogens is 330 g/mol. The second kappa shape index (κ2) is 6.59. The van der Waals surface area contributed by atoms with E-state index in [4.69, 9.17) is 5.26 Å². The summed E-state index contributed by atoms with van der Waals surface area (Å²) in [4.78, 5) is 32.6. The van der Waals surface area contributed by atoms with Crippen molar-refractivity contribution in [1.82, 2.24) is 24.8 Å². The highest BCUT2D eigenvalue weighted by molar-refractivity contribution is 6.08. The number of fused-ring (bicyclic) bond motifs is 3. The van der Waals surface area contributed by atoms with E-state index in [2.05, 4.69) is 24.8 Å². The van der Waals surface area contributed by atoms with Crippen LogP contribution in [0.25, 0.3) is 21.9 Å². The Labute approximate surface area is 150 Å². The van der Waals surface area contributed by atoms with Gasteiger partial charge in [0.2, 0.25) is 5.91 Å². The predicted octanol–water partition coefficient (Wildman–Crippen LogP) is 1.70. The van der Waals surface area contributed by atoms with Crippen molar-refractivity contribution in [2.24, 2.45) is 5.92 Å². The normalized spacial score (nSPS) is 17.4. The zero-order valence-corrected chi connectivity index (χ0v) is 14.5. The van der Waals surface area contributed by atoms with E-state index in [1.54, 1.807) is 19.6 Å². The van der Waals surface area contributed by atoms with Crippen LogP contribution in [0, 0.1) is 17.2 Å². The Kier molecular flexibility index (Phi) is 4.13. The Morgan fingerprint density at radius 2 is 2.35 bits per heavy atom. The molecule has 0 bridgehead atoms. The number of aromatic nitrogens is 4. The lowest BCUT2D eigenvalue weighted by Crippen LogP contribution is -2.44. The van der Waals surface area contributed by atoms with Gasteiger partial charge in [0.1, 0.15) is 24.3 Å². The molecule has 1 aliphatic heterocycles. The van der Waals surface area contributed by atoms with Gasteiger partial charge in [-0.25, -0.2) is 15.0 Å². The van der Waals surface area contributed by atoms with E-state index in [9.17, 15) is 4.79 Å². The molecule has 26 heavy (non-hydrogen) atoms. The Balaban J connectivity index is 1.70. The zero-order valence-electron chi connectivity index (χ0n) is 14.5. The molecule has 4 rings (SSSR count). The van der Waals surface area contributed by atoms with Crippen LogP contribution < -0.4 is 4.90 Å². The molecule has 3 aromatic heterocycles. The van der Waals surface area contributed by atoms with E-state index in [1.165, 1.54) is 4.90 Å². The highest BCUT2D eigenvalue weighted by atomic mass is 16.2. The maximum absolute atomic E-state index is 12.6. The van der Waals surface area contributed by atoms with Gasteiger partial charge in [-0.3, -0.25) is 4.79 Å². The summed E-state index contributed by atoms with van der Waals surface area (Å²) in [5.74, 6) is 0.723. The lowest BCUT2D eigenvalue weighted by atomic mass is 9.96. The summed E-state index contributed by atoms with van der Waals surface area (Å²) in [7, 11) is 1.68. The Morgan fingerprint density at radius 3 is 3.19 bits per heavy atom. The third kappa shape index (κ3) is 2.71. The number of carbonyl (C=O) groups is 1. The molecule has 0 spiro atoms. The van der Waals surface area contributed by atoms with Gasteiger partial charge in [0, 0.05) is 31.7 Å². The van der Waals surface area contributed by atoms with Gasteiger partial charge in [-0.05, 0) is 18.9 Å². The molecule has 132 valence electrons. The van der Waals surface area contributed by atoms with Crippen molar-refractivity contribution in [3.05, 3.63) is 24.8 Å². The number of rotatable bonds is 3. The van der Waals surface area contributed by atoms with Crippen LogP contribution in [-0.4, -0.2) is 57.4 Å². The average Bonchev–Trinajstić information content (AvgIpc) is 3.16. The largest absolute Gasteiger partial charge is 0.355 e. The lowest BCUT2D eigenvalue weighted by Gasteiger charge is -2.34. The Hall–Kier alpha value is -3.21. The average molecular weight is 349 g/mol. The number of anilines is 1. The van der Waals surface area contributed by atoms with Crippen molar-refractivity contribution in [3.63, 3.8) is 0 Å². The van der Waals surface area contributed by atoms with Gasteiger partial charge in [-0.1, -0.05) is 0 Å². The predicted molar refractivity (Wildman–Crippen MR) is 97.4 cm³/mol. The molecule has 1 aliphatic rings. The Morgan fingerprint density at radius 1 is 1.46 bits per heavy atom. The smallest absolute Gasteiger partial charge is 0.228 e. The van der Waals surface area contributed by atoms with Crippen LogP contribution >= 0.6 is 0 Å². The second-order valence-electron chi connectivity index (χ2n) is 6.59. The van der Waals surface area contributed by atoms with Crippen molar-refractivity contribution in [3.8, 4) is 6.07 Å². The molecule has 0 radical (unpaired) electrons. The molecule has 8 heteroatoms. The number of nitriles is 1. The number of carbonyl (C=O) groups excluding carboxylic acids is 1. The van der Waals surface area contributed by atoms with Gasteiger partial charge in [-0.15, -0.1) is 0 Å². The fraction of sp³-hybridized carbons (Fsp3) is 0.389. The second-order valence-corrected chi connectivity index (χ2v) is 6.59. The summed E-state index contributed by atoms with van der Waals surface area (Å²) in [5.41, 5.74) is 1.59. The molecule has 0 aromatic carbocycles. The van der Waals surface area contributed by atoms with Gasteiger partial charge in [0.15, 0.2) is 0 Å². The monoisotopic (exact) mass is 349 g/mol. The molecule has 1 saturated heterocycles. The standard InChI is InChI=1S/C18H19N7O/c1-24(8-5-19)18(26)12-3-2-7-25(10-12)17-15-13-4-6-20-16(13)21-9-14(15)22-11-23-17/h4,6,9,11-12H,2-3,7-8,10H2,1H3,(H,20,21). The van der Waals surface area contributed by atoms with Gasteiger partial charge < -0.3 is 14.8 Å². The quantitative estimate of drug-likeness (QED) is 0.722. The number of piperidine rings is 1. The van der Waals surface area contributed by atoms with Crippen molar-refractivity contribution in [2.45, 2.75) is 12.8 Å². The third-order valence-electron chi connectivity index (χ3n) is 4.92. The first-order chi connectivity index (χ1) is 12.7. The number of hydrogen-bond acceptors (Lipinski definition) is 6. The molecule has 1 N–H and O–H groups in total. The first kappa shape index (κ1) is 16.3. The number of hydrogen-bond donors (Lipinski definition) is 1. The van der Waals surface area contributed by atoms with Gasteiger partial charge in [0.05, 0.1) is 29.1 Å². The van der Waals surface area contributed by atoms with Crippen LogP contribution in [0.5, 0.6) is 0 Å². The van der Waals surface area contributed by atoms with E-state index >= 15 is 0 Å². The topological polar surface area (TPSA) is 102 Å². The van der Waals surface area contributed by atoms with Gasteiger partial charge in [-0.2, -0.15) is 5.26 Å². The van der Waals surface area contributed by atoms with Crippen molar-refractivity contribution in [2.75, 3.05) is 31.6 Å². The van der Waals surface area contributed by atoms with Crippen LogP contribution in [0.1, 0.15) is 12.8 Å². The maximum atomic E-state index is 12.6. The summed E-state index contributed by atoms with van der Waals surface area (Å²) >= 11 is 0. The van der Waals surface area contributed by atoms with Crippen molar-refractivity contribution in [1.29, 1.82) is 5.26 Å². The molecule has 8 nitrogen and oxygen atoms in total. The minimum Gasteiger partial charge on any atom is -0.355 e. The summed E-state index contributed by atoms with van der Waals surface area (Å²) in [6, 6.07) is 4.01. The van der Waals surface area contributed by atoms with Gasteiger partial charge in [0.25, 0.3) is 0 Å². The van der Waals surface area contributed by atoms with E-state index in [0.717, 1.165) is 47.1 Å². The van der Waals surface area contributed by atoms with Crippen LogP contribution in [0.2, 0.25) is 0 Å². The molecule has 3 aromatic rings. The maximum Gasteiger partial charge on any atom is 0.228 e. The molecule has 1 unspecified atom stereocenters. The molecule has 1 fully saturated rings. The van der Waals surface area contributed by atoms with E-state index < -0.39 is 0 Å². The van der Waals surface area contributed by atoms with Crippen LogP contribution in [-0.2, 0) is 4.79 Å². The fourth-order valence-corrected chi connectivity index (χ4v) is 3.65. The fourth-order valence-electron chi connectivity index (χ4n) is 3.65. The zero-order chi connectivity index (χ0) is 18.1. The van der Waals surface area contributed by atoms with Crippen LogP contribution in [0.4, 0.5) is 5.82 Å². The van der Waals surface area contributed by atoms with Crippen molar-refractivity contribution >= 4 is 33.7 Å². The van der Waals surface area contributed by atoms with Crippen LogP contribution in [0.3, 0.4) is 0 Å². The lowest BCUT2D eigenvalue weighted by molar-refractivity contribution is -0.133. The first-order valence-electron chi connectivity index (χ1n) is 8.62.